The molecule has 0 bridgehead atoms. The van der Waals surface area contributed by atoms with Crippen molar-refractivity contribution in [2.75, 3.05) is 0 Å². The van der Waals surface area contributed by atoms with Gasteiger partial charge in [0.25, 0.3) is 12.3 Å². The van der Waals surface area contributed by atoms with E-state index >= 15 is 0 Å². The molecule has 0 rings (SSSR count). The standard InChI is InChI=1S/C6H6F6/c7-3-1-2-6(11,12)4(8)5(9)10/h1,3-5H,2H2/b3-1+. The van der Waals surface area contributed by atoms with Gasteiger partial charge in [-0.25, -0.2) is 26.3 Å². The van der Waals surface area contributed by atoms with Gasteiger partial charge in [0.2, 0.25) is 6.17 Å². The van der Waals surface area contributed by atoms with E-state index in [1.807, 2.05) is 0 Å². The number of hydrogen-bond donors (Lipinski definition) is 0. The SMILES string of the molecule is F/C=C/CC(F)(F)C(F)C(F)F. The molecule has 0 nitrogen and oxygen atoms in total. The second-order valence-corrected chi connectivity index (χ2v) is 2.06. The van der Waals surface area contributed by atoms with Crippen LogP contribution in [0.5, 0.6) is 0 Å². The molecule has 1 atom stereocenters. The van der Waals surface area contributed by atoms with Crippen LogP contribution in [0.25, 0.3) is 0 Å². The monoisotopic (exact) mass is 192 g/mol. The summed E-state index contributed by atoms with van der Waals surface area (Å²) >= 11 is 0. The predicted molar refractivity (Wildman–Crippen MR) is 30.7 cm³/mol. The van der Waals surface area contributed by atoms with E-state index in [9.17, 15) is 26.3 Å². The van der Waals surface area contributed by atoms with Crippen molar-refractivity contribution in [2.24, 2.45) is 0 Å². The van der Waals surface area contributed by atoms with Crippen molar-refractivity contribution in [2.45, 2.75) is 24.9 Å². The first-order valence-electron chi connectivity index (χ1n) is 2.97. The van der Waals surface area contributed by atoms with E-state index in [1.165, 1.54) is 0 Å². The third kappa shape index (κ3) is 3.15. The van der Waals surface area contributed by atoms with Crippen molar-refractivity contribution in [3.05, 3.63) is 12.4 Å². The van der Waals surface area contributed by atoms with Crippen LogP contribution in [-0.2, 0) is 0 Å². The van der Waals surface area contributed by atoms with Crippen molar-refractivity contribution in [1.29, 1.82) is 0 Å². The van der Waals surface area contributed by atoms with Gasteiger partial charge in [0.15, 0.2) is 0 Å². The summed E-state index contributed by atoms with van der Waals surface area (Å²) in [7, 11) is 0. The molecule has 0 heterocycles. The van der Waals surface area contributed by atoms with Crippen LogP contribution >= 0.6 is 0 Å². The number of alkyl halides is 5. The van der Waals surface area contributed by atoms with Gasteiger partial charge in [-0.15, -0.1) is 0 Å². The van der Waals surface area contributed by atoms with Gasteiger partial charge in [-0.05, 0) is 0 Å². The van der Waals surface area contributed by atoms with Crippen molar-refractivity contribution >= 4 is 0 Å². The molecule has 0 saturated carbocycles. The van der Waals surface area contributed by atoms with Gasteiger partial charge in [0.05, 0.1) is 6.33 Å². The van der Waals surface area contributed by atoms with E-state index in [0.29, 0.717) is 0 Å². The van der Waals surface area contributed by atoms with Crippen LogP contribution in [0.15, 0.2) is 12.4 Å². The molecular weight excluding hydrogens is 186 g/mol. The fourth-order valence-electron chi connectivity index (χ4n) is 0.499. The number of halogens is 6. The van der Waals surface area contributed by atoms with E-state index in [4.69, 9.17) is 0 Å². The summed E-state index contributed by atoms with van der Waals surface area (Å²) in [5.74, 6) is -4.21. The van der Waals surface area contributed by atoms with Crippen molar-refractivity contribution in [1.82, 2.24) is 0 Å². The zero-order chi connectivity index (χ0) is 9.78. The third-order valence-corrected chi connectivity index (χ3v) is 1.10. The highest BCUT2D eigenvalue weighted by atomic mass is 19.3. The van der Waals surface area contributed by atoms with E-state index in [1.54, 1.807) is 0 Å². The van der Waals surface area contributed by atoms with E-state index in [-0.39, 0.29) is 12.4 Å². The lowest BCUT2D eigenvalue weighted by Gasteiger charge is -2.17. The Kier molecular flexibility index (Phi) is 4.12. The predicted octanol–water partition coefficient (Wildman–Crippen LogP) is 3.10. The Morgan fingerprint density at radius 1 is 1.17 bits per heavy atom. The van der Waals surface area contributed by atoms with Crippen LogP contribution in [0.3, 0.4) is 0 Å². The summed E-state index contributed by atoms with van der Waals surface area (Å²) in [6, 6.07) is 0. The van der Waals surface area contributed by atoms with Crippen LogP contribution in [0.1, 0.15) is 6.42 Å². The Morgan fingerprint density at radius 3 is 2.00 bits per heavy atom. The first-order chi connectivity index (χ1) is 5.41. The zero-order valence-electron chi connectivity index (χ0n) is 5.78. The highest BCUT2D eigenvalue weighted by molar-refractivity contribution is 4.87. The van der Waals surface area contributed by atoms with Gasteiger partial charge in [0, 0.05) is 6.42 Å². The third-order valence-electron chi connectivity index (χ3n) is 1.10. The summed E-state index contributed by atoms with van der Waals surface area (Å²) in [4.78, 5) is 0. The fraction of sp³-hybridized carbons (Fsp3) is 0.667. The average molecular weight is 192 g/mol. The van der Waals surface area contributed by atoms with Crippen molar-refractivity contribution in [3.63, 3.8) is 0 Å². The molecule has 0 amide bonds. The van der Waals surface area contributed by atoms with Crippen LogP contribution in [-0.4, -0.2) is 18.5 Å². The summed E-state index contributed by atoms with van der Waals surface area (Å²) in [6.45, 7) is 0. The Hall–Kier alpha value is -0.680. The van der Waals surface area contributed by atoms with Crippen LogP contribution in [0.2, 0.25) is 0 Å². The molecule has 0 aromatic heterocycles. The van der Waals surface area contributed by atoms with Gasteiger partial charge < -0.3 is 0 Å². The van der Waals surface area contributed by atoms with Crippen molar-refractivity contribution in [3.8, 4) is 0 Å². The minimum Gasteiger partial charge on any atom is -0.234 e. The highest BCUT2D eigenvalue weighted by Crippen LogP contribution is 2.29. The molecule has 0 spiro atoms. The molecule has 0 radical (unpaired) electrons. The Bertz CT molecular complexity index is 152. The summed E-state index contributed by atoms with van der Waals surface area (Å²) in [6.07, 6.45) is -8.63. The maximum absolute atomic E-state index is 12.2. The number of allylic oxidation sites excluding steroid dienone is 1. The van der Waals surface area contributed by atoms with Gasteiger partial charge in [-0.3, -0.25) is 0 Å². The molecular formula is C6H6F6. The molecule has 1 unspecified atom stereocenters. The number of hydrogen-bond acceptors (Lipinski definition) is 0. The molecule has 0 aliphatic heterocycles. The maximum Gasteiger partial charge on any atom is 0.287 e. The topological polar surface area (TPSA) is 0 Å². The van der Waals surface area contributed by atoms with Crippen LogP contribution < -0.4 is 0 Å². The lowest BCUT2D eigenvalue weighted by molar-refractivity contribution is -0.124. The molecule has 12 heavy (non-hydrogen) atoms. The second kappa shape index (κ2) is 4.37. The molecule has 0 N–H and O–H groups in total. The van der Waals surface area contributed by atoms with E-state index < -0.39 is 24.9 Å². The van der Waals surface area contributed by atoms with Gasteiger partial charge in [-0.2, -0.15) is 0 Å². The molecule has 0 aliphatic carbocycles. The zero-order valence-corrected chi connectivity index (χ0v) is 5.78. The van der Waals surface area contributed by atoms with Crippen LogP contribution in [0.4, 0.5) is 26.3 Å². The van der Waals surface area contributed by atoms with E-state index in [0.717, 1.165) is 0 Å². The molecule has 0 aromatic carbocycles. The molecule has 0 fully saturated rings. The molecule has 0 aliphatic rings. The van der Waals surface area contributed by atoms with Crippen molar-refractivity contribution < 1.29 is 26.3 Å². The van der Waals surface area contributed by atoms with Gasteiger partial charge in [0.1, 0.15) is 0 Å². The second-order valence-electron chi connectivity index (χ2n) is 2.06. The first kappa shape index (κ1) is 11.3. The molecule has 0 aromatic rings. The smallest absolute Gasteiger partial charge is 0.234 e. The van der Waals surface area contributed by atoms with Gasteiger partial charge >= 0.3 is 0 Å². The summed E-state index contributed by atoms with van der Waals surface area (Å²) in [5, 5.41) is 0. The Morgan fingerprint density at radius 2 is 1.67 bits per heavy atom. The Labute approximate surface area is 64.9 Å². The Balaban J connectivity index is 4.17. The first-order valence-corrected chi connectivity index (χ1v) is 2.97. The largest absolute Gasteiger partial charge is 0.287 e. The molecule has 72 valence electrons. The maximum atomic E-state index is 12.2. The van der Waals surface area contributed by atoms with E-state index in [2.05, 4.69) is 0 Å². The lowest BCUT2D eigenvalue weighted by Crippen LogP contribution is -2.35. The quantitative estimate of drug-likeness (QED) is 0.600. The minimum absolute atomic E-state index is 0.244. The average Bonchev–Trinajstić information content (AvgIpc) is 1.99. The van der Waals surface area contributed by atoms with Gasteiger partial charge in [-0.1, -0.05) is 6.08 Å². The number of rotatable bonds is 4. The summed E-state index contributed by atoms with van der Waals surface area (Å²) < 4.78 is 70.3. The molecule has 0 saturated heterocycles. The summed E-state index contributed by atoms with van der Waals surface area (Å²) in [5.41, 5.74) is 0. The lowest BCUT2D eigenvalue weighted by atomic mass is 10.1. The highest BCUT2D eigenvalue weighted by Gasteiger charge is 2.44. The van der Waals surface area contributed by atoms with Crippen LogP contribution in [0, 0.1) is 0 Å². The molecule has 6 heteroatoms. The normalized spacial score (nSPS) is 15.9. The fourth-order valence-corrected chi connectivity index (χ4v) is 0.499. The minimum atomic E-state index is -4.21.